The Morgan fingerprint density at radius 3 is 2.90 bits per heavy atom. The molecule has 2 amide bonds. The highest BCUT2D eigenvalue weighted by atomic mass is 16.4. The van der Waals surface area contributed by atoms with E-state index in [-0.39, 0.29) is 17.8 Å². The first-order chi connectivity index (χ1) is 9.56. The maximum Gasteiger partial charge on any atom is 0.356 e. The number of carboxylic acids is 1. The van der Waals surface area contributed by atoms with Gasteiger partial charge < -0.3 is 20.3 Å². The monoisotopic (exact) mass is 278 g/mol. The van der Waals surface area contributed by atoms with Crippen LogP contribution in [0.3, 0.4) is 0 Å². The van der Waals surface area contributed by atoms with E-state index in [0.29, 0.717) is 13.1 Å². The van der Waals surface area contributed by atoms with Gasteiger partial charge in [-0.25, -0.2) is 14.6 Å². The van der Waals surface area contributed by atoms with E-state index in [9.17, 15) is 9.59 Å². The second-order valence-corrected chi connectivity index (χ2v) is 4.21. The van der Waals surface area contributed by atoms with E-state index in [4.69, 9.17) is 11.5 Å². The number of terminal acetylenes is 1. The largest absolute Gasteiger partial charge is 0.476 e. The summed E-state index contributed by atoms with van der Waals surface area (Å²) in [6.45, 7) is 2.77. The zero-order valence-electron chi connectivity index (χ0n) is 11.3. The molecule has 1 aromatic heterocycles. The molecule has 1 aromatic rings. The lowest BCUT2D eigenvalue weighted by atomic mass is 10.2. The van der Waals surface area contributed by atoms with Crippen molar-refractivity contribution in [3.8, 4) is 12.3 Å². The maximum atomic E-state index is 11.6. The van der Waals surface area contributed by atoms with Gasteiger partial charge in [-0.15, -0.1) is 6.42 Å². The van der Waals surface area contributed by atoms with E-state index in [1.54, 1.807) is 4.57 Å². The topological polar surface area (TPSA) is 96.3 Å². The number of nitrogens with zero attached hydrogens (tertiary/aromatic N) is 2. The van der Waals surface area contributed by atoms with Crippen molar-refractivity contribution in [2.75, 3.05) is 6.54 Å². The minimum absolute atomic E-state index is 0.0233. The molecule has 1 atom stereocenters. The van der Waals surface area contributed by atoms with Gasteiger partial charge in [0.1, 0.15) is 0 Å². The van der Waals surface area contributed by atoms with Gasteiger partial charge in [0.05, 0.1) is 12.4 Å². The van der Waals surface area contributed by atoms with Gasteiger partial charge in [-0.05, 0) is 6.42 Å². The molecule has 0 bridgehead atoms. The number of carboxylic acid groups (broad SMARTS) is 1. The zero-order chi connectivity index (χ0) is 15.0. The standard InChI is InChI=1S/C13H18N4O3/c1-3-5-10(4-2)16-13(20)14-6-7-17-8-11(12(18)19)15-9-17/h2,8-10H,3,5-7H2,1H3,(H,18,19)(H2,14,16,20). The Morgan fingerprint density at radius 2 is 2.35 bits per heavy atom. The van der Waals surface area contributed by atoms with Crippen LogP contribution in [0.4, 0.5) is 4.79 Å². The van der Waals surface area contributed by atoms with Crippen molar-refractivity contribution in [1.29, 1.82) is 0 Å². The zero-order valence-corrected chi connectivity index (χ0v) is 11.3. The lowest BCUT2D eigenvalue weighted by Crippen LogP contribution is -2.42. The molecule has 0 saturated carbocycles. The predicted octanol–water partition coefficient (Wildman–Crippen LogP) is 0.682. The normalized spacial score (nSPS) is 11.4. The highest BCUT2D eigenvalue weighted by molar-refractivity contribution is 5.84. The average molecular weight is 278 g/mol. The summed E-state index contributed by atoms with van der Waals surface area (Å²) in [6, 6.07) is -0.605. The van der Waals surface area contributed by atoms with Crippen LogP contribution >= 0.6 is 0 Å². The van der Waals surface area contributed by atoms with Crippen LogP contribution in [-0.2, 0) is 6.54 Å². The number of rotatable bonds is 7. The van der Waals surface area contributed by atoms with Crippen molar-refractivity contribution in [3.05, 3.63) is 18.2 Å². The van der Waals surface area contributed by atoms with Crippen molar-refractivity contribution >= 4 is 12.0 Å². The summed E-state index contributed by atoms with van der Waals surface area (Å²) in [7, 11) is 0. The van der Waals surface area contributed by atoms with E-state index in [0.717, 1.165) is 12.8 Å². The van der Waals surface area contributed by atoms with Crippen molar-refractivity contribution in [2.24, 2.45) is 0 Å². The summed E-state index contributed by atoms with van der Waals surface area (Å²) >= 11 is 0. The lowest BCUT2D eigenvalue weighted by molar-refractivity contribution is 0.0691. The molecule has 1 rings (SSSR count). The number of carbonyl (C=O) groups excluding carboxylic acids is 1. The second-order valence-electron chi connectivity index (χ2n) is 4.21. The molecule has 7 nitrogen and oxygen atoms in total. The molecule has 7 heteroatoms. The van der Waals surface area contributed by atoms with Crippen LogP contribution < -0.4 is 10.6 Å². The molecule has 1 unspecified atom stereocenters. The van der Waals surface area contributed by atoms with Crippen LogP contribution in [0.2, 0.25) is 0 Å². The molecule has 0 aromatic carbocycles. The van der Waals surface area contributed by atoms with Gasteiger partial charge >= 0.3 is 12.0 Å². The molecular weight excluding hydrogens is 260 g/mol. The van der Waals surface area contributed by atoms with Crippen LogP contribution in [0.25, 0.3) is 0 Å². The first-order valence-electron chi connectivity index (χ1n) is 6.32. The fourth-order valence-electron chi connectivity index (χ4n) is 1.59. The van der Waals surface area contributed by atoms with Gasteiger partial charge in [-0.2, -0.15) is 0 Å². The molecule has 0 radical (unpaired) electrons. The number of aromatic carboxylic acids is 1. The third-order valence-electron chi connectivity index (χ3n) is 2.59. The Morgan fingerprint density at radius 1 is 1.60 bits per heavy atom. The third-order valence-corrected chi connectivity index (χ3v) is 2.59. The minimum Gasteiger partial charge on any atom is -0.476 e. The van der Waals surface area contributed by atoms with Crippen molar-refractivity contribution in [1.82, 2.24) is 20.2 Å². The molecule has 0 spiro atoms. The van der Waals surface area contributed by atoms with E-state index in [2.05, 4.69) is 21.5 Å². The fourth-order valence-corrected chi connectivity index (χ4v) is 1.59. The maximum absolute atomic E-state index is 11.6. The summed E-state index contributed by atoms with van der Waals surface area (Å²) in [5, 5.41) is 14.0. The third kappa shape index (κ3) is 5.02. The van der Waals surface area contributed by atoms with E-state index < -0.39 is 5.97 Å². The highest BCUT2D eigenvalue weighted by Crippen LogP contribution is 1.96. The van der Waals surface area contributed by atoms with Crippen LogP contribution in [-0.4, -0.2) is 39.2 Å². The number of carbonyl (C=O) groups is 2. The van der Waals surface area contributed by atoms with E-state index in [1.807, 2.05) is 6.92 Å². The summed E-state index contributed by atoms with van der Waals surface area (Å²) in [5.41, 5.74) is -0.0233. The Kier molecular flexibility index (Phi) is 6.10. The molecule has 0 fully saturated rings. The van der Waals surface area contributed by atoms with Gasteiger partial charge in [0, 0.05) is 19.3 Å². The number of nitrogens with one attached hydrogen (secondary N) is 2. The molecule has 20 heavy (non-hydrogen) atoms. The molecule has 1 heterocycles. The Bertz CT molecular complexity index is 504. The van der Waals surface area contributed by atoms with Crippen LogP contribution in [0.5, 0.6) is 0 Å². The summed E-state index contributed by atoms with van der Waals surface area (Å²) in [6.07, 6.45) is 9.73. The van der Waals surface area contributed by atoms with Crippen molar-refractivity contribution < 1.29 is 14.7 Å². The average Bonchev–Trinajstić information content (AvgIpc) is 2.87. The molecule has 0 aliphatic heterocycles. The van der Waals surface area contributed by atoms with Gasteiger partial charge in [-0.3, -0.25) is 0 Å². The SMILES string of the molecule is C#CC(CCC)NC(=O)NCCn1cnc(C(=O)O)c1. The number of amides is 2. The molecule has 0 aliphatic carbocycles. The fraction of sp³-hybridized carbons (Fsp3) is 0.462. The van der Waals surface area contributed by atoms with Gasteiger partial charge in [0.25, 0.3) is 0 Å². The smallest absolute Gasteiger partial charge is 0.356 e. The van der Waals surface area contributed by atoms with E-state index in [1.165, 1.54) is 12.5 Å². The Hall–Kier alpha value is -2.49. The number of hydrogen-bond acceptors (Lipinski definition) is 3. The molecule has 108 valence electrons. The first-order valence-corrected chi connectivity index (χ1v) is 6.32. The molecule has 0 aliphatic rings. The van der Waals surface area contributed by atoms with Crippen LogP contribution in [0.1, 0.15) is 30.3 Å². The highest BCUT2D eigenvalue weighted by Gasteiger charge is 2.08. The molecule has 3 N–H and O–H groups in total. The molecule has 0 saturated heterocycles. The number of aromatic nitrogens is 2. The minimum atomic E-state index is -1.08. The predicted molar refractivity (Wildman–Crippen MR) is 73.2 cm³/mol. The quantitative estimate of drug-likeness (QED) is 0.639. The summed E-state index contributed by atoms with van der Waals surface area (Å²) in [5.74, 6) is 1.43. The Labute approximate surface area is 117 Å². The summed E-state index contributed by atoms with van der Waals surface area (Å²) in [4.78, 5) is 25.9. The van der Waals surface area contributed by atoms with Gasteiger partial charge in [0.15, 0.2) is 5.69 Å². The number of imidazole rings is 1. The van der Waals surface area contributed by atoms with Crippen LogP contribution in [0.15, 0.2) is 12.5 Å². The van der Waals surface area contributed by atoms with Crippen LogP contribution in [0, 0.1) is 12.3 Å². The Balaban J connectivity index is 2.31. The van der Waals surface area contributed by atoms with Crippen molar-refractivity contribution in [2.45, 2.75) is 32.4 Å². The number of hydrogen-bond donors (Lipinski definition) is 3. The van der Waals surface area contributed by atoms with Gasteiger partial charge in [-0.1, -0.05) is 19.3 Å². The lowest BCUT2D eigenvalue weighted by Gasteiger charge is -2.13. The number of urea groups is 1. The van der Waals surface area contributed by atoms with Gasteiger partial charge in [0.2, 0.25) is 0 Å². The second kappa shape index (κ2) is 7.84. The summed E-state index contributed by atoms with van der Waals surface area (Å²) < 4.78 is 1.59. The van der Waals surface area contributed by atoms with E-state index >= 15 is 0 Å². The molecular formula is C13H18N4O3. The van der Waals surface area contributed by atoms with Crippen molar-refractivity contribution in [3.63, 3.8) is 0 Å². The first kappa shape index (κ1) is 15.6.